The minimum atomic E-state index is -1.13. The van der Waals surface area contributed by atoms with Crippen LogP contribution in [0.5, 0.6) is 0 Å². The van der Waals surface area contributed by atoms with Gasteiger partial charge >= 0.3 is 5.97 Å². The van der Waals surface area contributed by atoms with Gasteiger partial charge in [0.15, 0.2) is 11.3 Å². The number of methoxy groups -OCH3 is 1. The van der Waals surface area contributed by atoms with Crippen LogP contribution in [0.3, 0.4) is 0 Å². The zero-order valence-corrected chi connectivity index (χ0v) is 14.8. The van der Waals surface area contributed by atoms with E-state index in [1.165, 1.54) is 7.11 Å². The van der Waals surface area contributed by atoms with E-state index in [0.29, 0.717) is 25.1 Å². The fraction of sp³-hybridized carbons (Fsp3) is 0.529. The van der Waals surface area contributed by atoms with Gasteiger partial charge in [0.25, 0.3) is 5.91 Å². The predicted octanol–water partition coefficient (Wildman–Crippen LogP) is 1.27. The molecule has 1 amide bonds. The zero-order chi connectivity index (χ0) is 18.2. The third kappa shape index (κ3) is 3.34. The molecule has 1 aliphatic rings. The summed E-state index contributed by atoms with van der Waals surface area (Å²) >= 11 is 0. The molecule has 0 radical (unpaired) electrons. The van der Waals surface area contributed by atoms with Crippen LogP contribution in [0, 0.1) is 6.92 Å². The lowest BCUT2D eigenvalue weighted by Gasteiger charge is -2.42. The number of aromatic nitrogens is 3. The van der Waals surface area contributed by atoms with E-state index in [0.717, 1.165) is 5.56 Å². The Kier molecular flexibility index (Phi) is 4.24. The van der Waals surface area contributed by atoms with Crippen molar-refractivity contribution < 1.29 is 19.1 Å². The van der Waals surface area contributed by atoms with Crippen molar-refractivity contribution in [1.82, 2.24) is 19.9 Å². The molecule has 3 heterocycles. The molecule has 25 heavy (non-hydrogen) atoms. The van der Waals surface area contributed by atoms with Gasteiger partial charge in [-0.05, 0) is 26.3 Å². The fourth-order valence-corrected chi connectivity index (χ4v) is 3.26. The lowest BCUT2D eigenvalue weighted by molar-refractivity contribution is -0.160. The van der Waals surface area contributed by atoms with Crippen LogP contribution < -0.4 is 5.32 Å². The number of esters is 1. The van der Waals surface area contributed by atoms with Crippen molar-refractivity contribution in [3.05, 3.63) is 29.7 Å². The second-order valence-corrected chi connectivity index (χ2v) is 7.03. The van der Waals surface area contributed by atoms with Crippen LogP contribution in [0.15, 0.2) is 18.5 Å². The summed E-state index contributed by atoms with van der Waals surface area (Å²) in [6.45, 7) is 6.01. The Bertz CT molecular complexity index is 829. The highest BCUT2D eigenvalue weighted by Crippen LogP contribution is 2.33. The summed E-state index contributed by atoms with van der Waals surface area (Å²) in [6, 6.07) is 1.59. The van der Waals surface area contributed by atoms with Crippen molar-refractivity contribution in [2.24, 2.45) is 0 Å². The minimum Gasteiger partial charge on any atom is -0.467 e. The molecule has 3 rings (SSSR count). The van der Waals surface area contributed by atoms with Gasteiger partial charge in [-0.1, -0.05) is 0 Å². The van der Waals surface area contributed by atoms with Crippen LogP contribution in [0.4, 0.5) is 0 Å². The molecule has 134 valence electrons. The highest BCUT2D eigenvalue weighted by atomic mass is 16.5. The molecule has 0 aliphatic carbocycles. The summed E-state index contributed by atoms with van der Waals surface area (Å²) in [5.74, 6) is -0.916. The Balaban J connectivity index is 1.90. The maximum atomic E-state index is 12.7. The average molecular weight is 346 g/mol. The second kappa shape index (κ2) is 6.11. The Morgan fingerprint density at radius 2 is 2.16 bits per heavy atom. The lowest BCUT2D eigenvalue weighted by atomic mass is 9.81. The number of hydrogen-bond donors (Lipinski definition) is 1. The molecule has 1 aliphatic heterocycles. The molecular formula is C17H22N4O4. The number of amides is 1. The summed E-state index contributed by atoms with van der Waals surface area (Å²) < 4.78 is 12.2. The quantitative estimate of drug-likeness (QED) is 0.841. The monoisotopic (exact) mass is 346 g/mol. The van der Waals surface area contributed by atoms with Gasteiger partial charge in [0, 0.05) is 31.3 Å². The number of fused-ring (bicyclic) bond motifs is 1. The highest BCUT2D eigenvalue weighted by molar-refractivity contribution is 5.97. The molecule has 1 atom stereocenters. The summed E-state index contributed by atoms with van der Waals surface area (Å²) in [7, 11) is 1.32. The first-order valence-corrected chi connectivity index (χ1v) is 8.12. The molecular weight excluding hydrogens is 324 g/mol. The first-order chi connectivity index (χ1) is 11.7. The average Bonchev–Trinajstić information content (AvgIpc) is 2.96. The molecule has 1 N–H and O–H groups in total. The largest absolute Gasteiger partial charge is 0.467 e. The van der Waals surface area contributed by atoms with Crippen LogP contribution in [0.1, 0.15) is 42.7 Å². The van der Waals surface area contributed by atoms with Gasteiger partial charge in [0.05, 0.1) is 19.3 Å². The predicted molar refractivity (Wildman–Crippen MR) is 89.2 cm³/mol. The molecule has 0 saturated carbocycles. The molecule has 2 aromatic rings. The zero-order valence-electron chi connectivity index (χ0n) is 14.8. The standard InChI is InChI=1S/C17H22N4O4/c1-11-8-18-13-7-12(20-21(13)9-11)14(22)19-17(15(23)24-4)5-6-25-16(2,3)10-17/h7-9H,5-6,10H2,1-4H3,(H,19,22). The number of rotatable bonds is 3. The number of nitrogens with zero attached hydrogens (tertiary/aromatic N) is 3. The van der Waals surface area contributed by atoms with E-state index in [-0.39, 0.29) is 5.69 Å². The highest BCUT2D eigenvalue weighted by Gasteiger charge is 2.48. The lowest BCUT2D eigenvalue weighted by Crippen LogP contribution is -2.61. The molecule has 1 unspecified atom stereocenters. The number of carbonyl (C=O) groups excluding carboxylic acids is 2. The fourth-order valence-electron chi connectivity index (χ4n) is 3.26. The summed E-state index contributed by atoms with van der Waals surface area (Å²) in [4.78, 5) is 29.4. The third-order valence-electron chi connectivity index (χ3n) is 4.35. The first-order valence-electron chi connectivity index (χ1n) is 8.12. The van der Waals surface area contributed by atoms with E-state index in [2.05, 4.69) is 15.4 Å². The van der Waals surface area contributed by atoms with Crippen LogP contribution >= 0.6 is 0 Å². The van der Waals surface area contributed by atoms with Crippen molar-refractivity contribution in [1.29, 1.82) is 0 Å². The minimum absolute atomic E-state index is 0.200. The van der Waals surface area contributed by atoms with Gasteiger partial charge in [0.2, 0.25) is 0 Å². The van der Waals surface area contributed by atoms with Crippen LogP contribution in [-0.2, 0) is 14.3 Å². The molecule has 1 fully saturated rings. The molecule has 0 spiro atoms. The summed E-state index contributed by atoms with van der Waals surface area (Å²) in [5, 5.41) is 7.08. The number of hydrogen-bond acceptors (Lipinski definition) is 6. The van der Waals surface area contributed by atoms with Crippen molar-refractivity contribution in [2.45, 2.75) is 44.8 Å². The Hall–Kier alpha value is -2.48. The van der Waals surface area contributed by atoms with Gasteiger partial charge < -0.3 is 14.8 Å². The molecule has 8 nitrogen and oxygen atoms in total. The van der Waals surface area contributed by atoms with Gasteiger partial charge in [-0.2, -0.15) is 5.10 Å². The Morgan fingerprint density at radius 1 is 1.40 bits per heavy atom. The SMILES string of the molecule is COC(=O)C1(NC(=O)c2cc3ncc(C)cn3n2)CCOC(C)(C)C1. The Morgan fingerprint density at radius 3 is 2.84 bits per heavy atom. The van der Waals surface area contributed by atoms with Crippen LogP contribution in [0.25, 0.3) is 5.65 Å². The van der Waals surface area contributed by atoms with Gasteiger partial charge in [-0.25, -0.2) is 14.3 Å². The molecule has 8 heteroatoms. The number of nitrogens with one attached hydrogen (secondary N) is 1. The van der Waals surface area contributed by atoms with E-state index in [1.54, 1.807) is 23.0 Å². The van der Waals surface area contributed by atoms with Crippen molar-refractivity contribution in [3.63, 3.8) is 0 Å². The molecule has 1 saturated heterocycles. The van der Waals surface area contributed by atoms with Crippen LogP contribution in [0.2, 0.25) is 0 Å². The summed E-state index contributed by atoms with van der Waals surface area (Å²) in [6.07, 6.45) is 4.16. The van der Waals surface area contributed by atoms with Gasteiger partial charge in [0.1, 0.15) is 5.54 Å². The first kappa shape index (κ1) is 17.3. The third-order valence-corrected chi connectivity index (χ3v) is 4.35. The maximum Gasteiger partial charge on any atom is 0.331 e. The van der Waals surface area contributed by atoms with E-state index in [4.69, 9.17) is 9.47 Å². The Labute approximate surface area is 145 Å². The van der Waals surface area contributed by atoms with Crippen molar-refractivity contribution in [3.8, 4) is 0 Å². The smallest absolute Gasteiger partial charge is 0.331 e. The van der Waals surface area contributed by atoms with Crippen molar-refractivity contribution in [2.75, 3.05) is 13.7 Å². The number of aryl methyl sites for hydroxylation is 1. The summed E-state index contributed by atoms with van der Waals surface area (Å²) in [5.41, 5.74) is 0.0185. The normalized spacial score (nSPS) is 22.6. The topological polar surface area (TPSA) is 94.8 Å². The van der Waals surface area contributed by atoms with Crippen LogP contribution in [-0.4, -0.2) is 51.3 Å². The van der Waals surface area contributed by atoms with Gasteiger partial charge in [-0.3, -0.25) is 4.79 Å². The number of ether oxygens (including phenoxy) is 2. The van der Waals surface area contributed by atoms with E-state index < -0.39 is 23.0 Å². The molecule has 0 bridgehead atoms. The molecule has 2 aromatic heterocycles. The second-order valence-electron chi connectivity index (χ2n) is 7.03. The van der Waals surface area contributed by atoms with Gasteiger partial charge in [-0.15, -0.1) is 0 Å². The molecule has 0 aromatic carbocycles. The van der Waals surface area contributed by atoms with Crippen molar-refractivity contribution >= 4 is 17.5 Å². The van der Waals surface area contributed by atoms with E-state index in [1.807, 2.05) is 20.8 Å². The van der Waals surface area contributed by atoms with E-state index in [9.17, 15) is 9.59 Å². The van der Waals surface area contributed by atoms with E-state index >= 15 is 0 Å². The number of carbonyl (C=O) groups is 2. The maximum absolute atomic E-state index is 12.7.